The summed E-state index contributed by atoms with van der Waals surface area (Å²) < 4.78 is 0. The van der Waals surface area contributed by atoms with Gasteiger partial charge in [0, 0.05) is 23.3 Å². The summed E-state index contributed by atoms with van der Waals surface area (Å²) >= 11 is 11.9. The quantitative estimate of drug-likeness (QED) is 0.728. The number of halogens is 2. The number of hydrogen-bond acceptors (Lipinski definition) is 1. The molecule has 0 aliphatic carbocycles. The molecule has 0 atom stereocenters. The van der Waals surface area contributed by atoms with Crippen molar-refractivity contribution in [2.45, 2.75) is 6.42 Å². The Labute approximate surface area is 138 Å². The minimum atomic E-state index is -0.213. The van der Waals surface area contributed by atoms with Gasteiger partial charge in [0.25, 0.3) is 5.91 Å². The fraction of sp³-hybridized carbons (Fsp3) is 0.118. The molecule has 1 amide bonds. The number of carbonyl (C=O) groups excluding carboxylic acids is 1. The number of rotatable bonds is 4. The molecular formula is C17H14Cl2N2O. The molecule has 112 valence electrons. The number of benzene rings is 2. The molecule has 0 bridgehead atoms. The molecule has 0 aliphatic heterocycles. The van der Waals surface area contributed by atoms with Gasteiger partial charge in [0.15, 0.2) is 0 Å². The fourth-order valence-corrected chi connectivity index (χ4v) is 2.72. The standard InChI is InChI=1S/C17H14Cl2N2O/c18-13-2-3-15(19)14(10-13)17(22)21-7-5-11-1-4-16-12(9-11)6-8-20-16/h1-4,6,8-10,20H,5,7H2,(H,21,22). The Bertz CT molecular complexity index is 826. The third-order valence-corrected chi connectivity index (χ3v) is 4.05. The summed E-state index contributed by atoms with van der Waals surface area (Å²) in [6.45, 7) is 0.539. The van der Waals surface area contributed by atoms with E-state index < -0.39 is 0 Å². The topological polar surface area (TPSA) is 44.9 Å². The maximum Gasteiger partial charge on any atom is 0.252 e. The van der Waals surface area contributed by atoms with E-state index in [-0.39, 0.29) is 5.91 Å². The van der Waals surface area contributed by atoms with Crippen molar-refractivity contribution < 1.29 is 4.79 Å². The number of aromatic nitrogens is 1. The minimum Gasteiger partial charge on any atom is -0.361 e. The van der Waals surface area contributed by atoms with Crippen LogP contribution in [0.4, 0.5) is 0 Å². The zero-order valence-corrected chi connectivity index (χ0v) is 13.2. The molecule has 0 saturated carbocycles. The average Bonchev–Trinajstić information content (AvgIpc) is 2.97. The van der Waals surface area contributed by atoms with Gasteiger partial charge in [-0.05, 0) is 53.8 Å². The van der Waals surface area contributed by atoms with E-state index in [1.54, 1.807) is 18.2 Å². The summed E-state index contributed by atoms with van der Waals surface area (Å²) in [7, 11) is 0. The van der Waals surface area contributed by atoms with Crippen molar-refractivity contribution in [3.63, 3.8) is 0 Å². The van der Waals surface area contributed by atoms with Gasteiger partial charge in [0.05, 0.1) is 10.6 Å². The number of fused-ring (bicyclic) bond motifs is 1. The van der Waals surface area contributed by atoms with Crippen LogP contribution in [0, 0.1) is 0 Å². The Balaban J connectivity index is 1.62. The summed E-state index contributed by atoms with van der Waals surface area (Å²) in [5, 5.41) is 4.93. The average molecular weight is 333 g/mol. The van der Waals surface area contributed by atoms with Gasteiger partial charge in [-0.3, -0.25) is 4.79 Å². The van der Waals surface area contributed by atoms with E-state index in [2.05, 4.69) is 22.4 Å². The lowest BCUT2D eigenvalue weighted by Crippen LogP contribution is -2.26. The molecule has 2 aromatic carbocycles. The molecule has 0 aliphatic rings. The van der Waals surface area contributed by atoms with E-state index in [4.69, 9.17) is 23.2 Å². The summed E-state index contributed by atoms with van der Waals surface area (Å²) in [4.78, 5) is 15.3. The summed E-state index contributed by atoms with van der Waals surface area (Å²) in [5.41, 5.74) is 2.68. The molecule has 0 spiro atoms. The molecular weight excluding hydrogens is 319 g/mol. The Morgan fingerprint density at radius 2 is 1.95 bits per heavy atom. The molecule has 0 radical (unpaired) electrons. The highest BCUT2D eigenvalue weighted by molar-refractivity contribution is 6.35. The number of H-pyrrole nitrogens is 1. The van der Waals surface area contributed by atoms with Gasteiger partial charge in [0.1, 0.15) is 0 Å². The van der Waals surface area contributed by atoms with Crippen LogP contribution < -0.4 is 5.32 Å². The highest BCUT2D eigenvalue weighted by Crippen LogP contribution is 2.20. The Morgan fingerprint density at radius 1 is 1.09 bits per heavy atom. The fourth-order valence-electron chi connectivity index (χ4n) is 2.35. The van der Waals surface area contributed by atoms with E-state index in [1.165, 1.54) is 10.9 Å². The molecule has 1 aromatic heterocycles. The van der Waals surface area contributed by atoms with Crippen LogP contribution in [0.3, 0.4) is 0 Å². The Kier molecular flexibility index (Phi) is 4.36. The van der Waals surface area contributed by atoms with Crippen LogP contribution in [-0.2, 0) is 6.42 Å². The number of carbonyl (C=O) groups is 1. The second kappa shape index (κ2) is 6.42. The van der Waals surface area contributed by atoms with E-state index in [1.807, 2.05) is 18.3 Å². The molecule has 0 fully saturated rings. The van der Waals surface area contributed by atoms with Gasteiger partial charge in [-0.25, -0.2) is 0 Å². The van der Waals surface area contributed by atoms with E-state index in [0.717, 1.165) is 11.9 Å². The summed E-state index contributed by atoms with van der Waals surface area (Å²) in [6.07, 6.45) is 2.67. The monoisotopic (exact) mass is 332 g/mol. The van der Waals surface area contributed by atoms with Gasteiger partial charge in [-0.1, -0.05) is 29.3 Å². The SMILES string of the molecule is O=C(NCCc1ccc2[nH]ccc2c1)c1cc(Cl)ccc1Cl. The Hall–Kier alpha value is -1.97. The molecule has 3 aromatic rings. The number of nitrogens with one attached hydrogen (secondary N) is 2. The van der Waals surface area contributed by atoms with Crippen LogP contribution in [-0.4, -0.2) is 17.4 Å². The molecule has 3 rings (SSSR count). The first kappa shape index (κ1) is 14.9. The van der Waals surface area contributed by atoms with Crippen LogP contribution in [0.5, 0.6) is 0 Å². The van der Waals surface area contributed by atoms with Gasteiger partial charge < -0.3 is 10.3 Å². The zero-order valence-electron chi connectivity index (χ0n) is 11.7. The summed E-state index contributed by atoms with van der Waals surface area (Å²) in [6, 6.07) is 13.1. The predicted octanol–water partition coefficient (Wildman–Crippen LogP) is 4.45. The highest BCUT2D eigenvalue weighted by Gasteiger charge is 2.10. The van der Waals surface area contributed by atoms with Gasteiger partial charge in [-0.15, -0.1) is 0 Å². The molecule has 22 heavy (non-hydrogen) atoms. The van der Waals surface area contributed by atoms with Crippen molar-refractivity contribution >= 4 is 40.0 Å². The van der Waals surface area contributed by atoms with Crippen molar-refractivity contribution in [3.8, 4) is 0 Å². The smallest absolute Gasteiger partial charge is 0.252 e. The zero-order chi connectivity index (χ0) is 15.5. The summed E-state index contributed by atoms with van der Waals surface area (Å²) in [5.74, 6) is -0.213. The van der Waals surface area contributed by atoms with Crippen LogP contribution in [0.25, 0.3) is 10.9 Å². The molecule has 1 heterocycles. The first-order chi connectivity index (χ1) is 10.6. The lowest BCUT2D eigenvalue weighted by Gasteiger charge is -2.07. The number of aromatic amines is 1. The molecule has 0 unspecified atom stereocenters. The largest absolute Gasteiger partial charge is 0.361 e. The van der Waals surface area contributed by atoms with E-state index >= 15 is 0 Å². The highest BCUT2D eigenvalue weighted by atomic mass is 35.5. The molecule has 3 nitrogen and oxygen atoms in total. The van der Waals surface area contributed by atoms with Crippen LogP contribution in [0.1, 0.15) is 15.9 Å². The predicted molar refractivity (Wildman–Crippen MR) is 90.8 cm³/mol. The third-order valence-electron chi connectivity index (χ3n) is 3.49. The van der Waals surface area contributed by atoms with Crippen molar-refractivity contribution in [2.75, 3.05) is 6.54 Å². The normalized spacial score (nSPS) is 10.8. The minimum absolute atomic E-state index is 0.213. The van der Waals surface area contributed by atoms with Crippen LogP contribution in [0.2, 0.25) is 10.0 Å². The van der Waals surface area contributed by atoms with E-state index in [0.29, 0.717) is 22.2 Å². The lowest BCUT2D eigenvalue weighted by molar-refractivity contribution is 0.0954. The second-order valence-electron chi connectivity index (χ2n) is 5.03. The third kappa shape index (κ3) is 3.26. The van der Waals surface area contributed by atoms with Gasteiger partial charge in [0.2, 0.25) is 0 Å². The maximum absolute atomic E-state index is 12.1. The van der Waals surface area contributed by atoms with Crippen LogP contribution in [0.15, 0.2) is 48.7 Å². The van der Waals surface area contributed by atoms with Crippen molar-refractivity contribution in [1.29, 1.82) is 0 Å². The van der Waals surface area contributed by atoms with Gasteiger partial charge in [-0.2, -0.15) is 0 Å². The van der Waals surface area contributed by atoms with E-state index in [9.17, 15) is 4.79 Å². The second-order valence-corrected chi connectivity index (χ2v) is 5.87. The first-order valence-electron chi connectivity index (χ1n) is 6.93. The maximum atomic E-state index is 12.1. The molecule has 0 saturated heterocycles. The van der Waals surface area contributed by atoms with Crippen LogP contribution >= 0.6 is 23.2 Å². The number of amides is 1. The molecule has 5 heteroatoms. The van der Waals surface area contributed by atoms with Gasteiger partial charge >= 0.3 is 0 Å². The van der Waals surface area contributed by atoms with Crippen molar-refractivity contribution in [1.82, 2.24) is 10.3 Å². The number of hydrogen-bond donors (Lipinski definition) is 2. The van der Waals surface area contributed by atoms with Crippen molar-refractivity contribution in [3.05, 3.63) is 69.8 Å². The van der Waals surface area contributed by atoms with Crippen molar-refractivity contribution in [2.24, 2.45) is 0 Å². The first-order valence-corrected chi connectivity index (χ1v) is 7.68. The lowest BCUT2D eigenvalue weighted by atomic mass is 10.1. The molecule has 2 N–H and O–H groups in total. The Morgan fingerprint density at radius 3 is 2.82 bits per heavy atom.